The Morgan fingerprint density at radius 2 is 1.57 bits per heavy atom. The molecule has 9 rings (SSSR count). The van der Waals surface area contributed by atoms with Crippen LogP contribution in [0.5, 0.6) is 0 Å². The topological polar surface area (TPSA) is 296 Å². The number of ketones is 1. The molecular formula is C59H66FN7O15. The molecule has 22 nitrogen and oxygen atoms in total. The van der Waals surface area contributed by atoms with E-state index in [2.05, 4.69) is 26.6 Å². The lowest BCUT2D eigenvalue weighted by atomic mass is 9.79. The van der Waals surface area contributed by atoms with E-state index < -0.39 is 96.9 Å². The van der Waals surface area contributed by atoms with E-state index in [0.29, 0.717) is 78.4 Å². The van der Waals surface area contributed by atoms with Crippen molar-refractivity contribution in [2.45, 2.75) is 102 Å². The third-order valence-electron chi connectivity index (χ3n) is 15.8. The number of fused-ring (bicyclic) bond motifs is 5. The second-order valence-corrected chi connectivity index (χ2v) is 21.3. The van der Waals surface area contributed by atoms with Crippen molar-refractivity contribution in [1.29, 1.82) is 0 Å². The number of aliphatic hydroxyl groups is 1. The Morgan fingerprint density at radius 3 is 2.30 bits per heavy atom. The predicted octanol–water partition coefficient (Wildman–Crippen LogP) is 2.01. The first-order valence-electron chi connectivity index (χ1n) is 27.6. The van der Waals surface area contributed by atoms with Gasteiger partial charge in [0.1, 0.15) is 37.6 Å². The third-order valence-corrected chi connectivity index (χ3v) is 15.8. The van der Waals surface area contributed by atoms with E-state index in [1.807, 2.05) is 0 Å². The Kier molecular flexibility index (Phi) is 18.5. The molecule has 4 aliphatic heterocycles. The molecule has 0 radical (unpaired) electrons. The molecule has 5 aliphatic rings. The van der Waals surface area contributed by atoms with E-state index in [0.717, 1.165) is 16.5 Å². The monoisotopic (exact) mass is 1130 g/mol. The van der Waals surface area contributed by atoms with E-state index in [1.165, 1.54) is 27.7 Å². The molecule has 3 aromatic carbocycles. The molecule has 23 heteroatoms. The van der Waals surface area contributed by atoms with Gasteiger partial charge in [0.25, 0.3) is 17.4 Å². The summed E-state index contributed by atoms with van der Waals surface area (Å²) in [6.45, 7) is 2.12. The van der Waals surface area contributed by atoms with Gasteiger partial charge in [-0.25, -0.2) is 9.18 Å². The average Bonchev–Trinajstić information content (AvgIpc) is 4.08. The van der Waals surface area contributed by atoms with Gasteiger partial charge in [-0.1, -0.05) is 43.7 Å². The van der Waals surface area contributed by atoms with E-state index in [-0.39, 0.29) is 93.5 Å². The number of rotatable bonds is 23. The molecule has 1 saturated heterocycles. The van der Waals surface area contributed by atoms with Crippen LogP contribution < -0.4 is 32.1 Å². The van der Waals surface area contributed by atoms with Crippen LogP contribution in [0.3, 0.4) is 0 Å². The van der Waals surface area contributed by atoms with Gasteiger partial charge in [-0.3, -0.25) is 48.1 Å². The number of esters is 1. The number of ether oxygens (including phenoxy) is 4. The van der Waals surface area contributed by atoms with Crippen LogP contribution >= 0.6 is 0 Å². The summed E-state index contributed by atoms with van der Waals surface area (Å²) >= 11 is 0. The minimum atomic E-state index is -2.03. The summed E-state index contributed by atoms with van der Waals surface area (Å²) in [5.41, 5.74) is 2.34. The van der Waals surface area contributed by atoms with Crippen molar-refractivity contribution in [1.82, 2.24) is 36.1 Å². The molecular weight excluding hydrogens is 1070 g/mol. The number of carbonyl (C=O) groups is 9. The lowest BCUT2D eigenvalue weighted by Crippen LogP contribution is -2.52. The second kappa shape index (κ2) is 25.9. The van der Waals surface area contributed by atoms with Gasteiger partial charge in [-0.2, -0.15) is 0 Å². The highest BCUT2D eigenvalue weighted by Gasteiger charge is 2.46. The van der Waals surface area contributed by atoms with Crippen LogP contribution in [0.4, 0.5) is 4.39 Å². The zero-order valence-corrected chi connectivity index (χ0v) is 45.7. The summed E-state index contributed by atoms with van der Waals surface area (Å²) in [5, 5.41) is 26.0. The molecule has 0 saturated carbocycles. The summed E-state index contributed by atoms with van der Waals surface area (Å²) < 4.78 is 39.3. The van der Waals surface area contributed by atoms with Crippen LogP contribution in [0.25, 0.3) is 22.0 Å². The first-order chi connectivity index (χ1) is 39.4. The number of halogens is 1. The van der Waals surface area contributed by atoms with Crippen LogP contribution in [0, 0.1) is 24.6 Å². The number of amides is 7. The Morgan fingerprint density at radius 1 is 0.841 bits per heavy atom. The average molecular weight is 1130 g/mol. The molecule has 82 heavy (non-hydrogen) atoms. The van der Waals surface area contributed by atoms with Crippen molar-refractivity contribution in [2.24, 2.45) is 11.8 Å². The number of Topliss-reactive ketones (excluding diaryl/α,β-unsaturated/α-hetero) is 1. The molecule has 0 unspecified atom stereocenters. The standard InChI is InChI=1S/C59H66FN7O15/c1-3-59(78)42-22-46-39-20-36-21-43(60)33(2)38-13-14-44(55(54(36)38)40(39)25-67(46)57(76)41(42)30-82-58(59)77)64-51(72)31-81-32-63-49(70)23-62-56(75)45(18-34-10-6-4-7-11-34)65-50(71)24-61-48(69)19-35-26-79-28-37(29-80-27-35)47(68)12-8-5-9-17-66-52(73)15-16-53(66)74/h4,6-7,10-11,15-16,20-22,35,37,44-45,78H,3,5,8-9,12-14,17-19,23-32H2,1-2H3,(H,61,69)(H,62,75)(H,63,70)(H,64,72)(H,65,71)/t35?,37?,44-,45-,59-/m0/s1. The number of cyclic esters (lactones) is 1. The molecule has 7 amide bonds. The number of unbranched alkanes of at least 4 members (excludes halogenated alkanes) is 2. The van der Waals surface area contributed by atoms with Crippen molar-refractivity contribution in [3.8, 4) is 11.3 Å². The quantitative estimate of drug-likeness (QED) is 0.0236. The lowest BCUT2D eigenvalue weighted by molar-refractivity contribution is -0.172. The number of hydrogen-bond donors (Lipinski definition) is 6. The van der Waals surface area contributed by atoms with Crippen molar-refractivity contribution < 1.29 is 71.6 Å². The number of pyridine rings is 1. The molecule has 434 valence electrons. The number of carbonyl (C=O) groups excluding carboxylic acids is 9. The zero-order chi connectivity index (χ0) is 58.2. The summed E-state index contributed by atoms with van der Waals surface area (Å²) in [6.07, 6.45) is 5.44. The Hall–Kier alpha value is -7.99. The minimum Gasteiger partial charge on any atom is -0.458 e. The molecule has 6 N–H and O–H groups in total. The fourth-order valence-electron chi connectivity index (χ4n) is 11.3. The van der Waals surface area contributed by atoms with Crippen molar-refractivity contribution >= 4 is 63.9 Å². The van der Waals surface area contributed by atoms with Crippen molar-refractivity contribution in [3.05, 3.63) is 116 Å². The molecule has 1 fully saturated rings. The van der Waals surface area contributed by atoms with Gasteiger partial charge in [0, 0.05) is 55.0 Å². The number of nitrogens with one attached hydrogen (secondary N) is 5. The summed E-state index contributed by atoms with van der Waals surface area (Å²) in [7, 11) is 0. The van der Waals surface area contributed by atoms with Crippen LogP contribution in [0.2, 0.25) is 0 Å². The maximum absolute atomic E-state index is 15.4. The smallest absolute Gasteiger partial charge is 0.343 e. The number of nitrogens with zero attached hydrogens (tertiary/aromatic N) is 2. The van der Waals surface area contributed by atoms with E-state index in [4.69, 9.17) is 18.9 Å². The van der Waals surface area contributed by atoms with Gasteiger partial charge in [0.2, 0.25) is 29.5 Å². The van der Waals surface area contributed by atoms with E-state index in [1.54, 1.807) is 56.3 Å². The van der Waals surface area contributed by atoms with Crippen LogP contribution in [-0.2, 0) is 93.7 Å². The normalized spacial score (nSPS) is 20.2. The highest BCUT2D eigenvalue weighted by molar-refractivity contribution is 6.12. The highest BCUT2D eigenvalue weighted by Crippen LogP contribution is 2.47. The van der Waals surface area contributed by atoms with Gasteiger partial charge in [-0.15, -0.1) is 0 Å². The fourth-order valence-corrected chi connectivity index (χ4v) is 11.3. The summed E-state index contributed by atoms with van der Waals surface area (Å²) in [6, 6.07) is 12.0. The molecule has 0 spiro atoms. The lowest BCUT2D eigenvalue weighted by Gasteiger charge is -2.31. The van der Waals surface area contributed by atoms with Gasteiger partial charge >= 0.3 is 5.97 Å². The first-order valence-corrected chi connectivity index (χ1v) is 27.6. The third kappa shape index (κ3) is 13.0. The number of aromatic nitrogens is 1. The molecule has 4 aromatic rings. The SMILES string of the molecule is CC[C@@]1(O)C(=O)OCc2c1cc1n(c2=O)Cc2c-1cc1cc(F)c(C)c3c1c2[C@@H](NC(=O)COCNC(=O)CNC(=O)[C@H](Cc1ccccc1)NC(=O)CNC(=O)CC1COCC(C(=O)CCCCCN2C(=O)C=CC2=O)COC1)CC3. The fraction of sp³-hybridized carbons (Fsp3) is 0.458. The van der Waals surface area contributed by atoms with Crippen LogP contribution in [-0.4, -0.2) is 133 Å². The maximum atomic E-state index is 15.4. The van der Waals surface area contributed by atoms with E-state index in [9.17, 15) is 53.1 Å². The molecule has 0 bridgehead atoms. The summed E-state index contributed by atoms with van der Waals surface area (Å²) in [4.78, 5) is 130. The van der Waals surface area contributed by atoms with Crippen molar-refractivity contribution in [3.63, 3.8) is 0 Å². The number of hydrogen-bond acceptors (Lipinski definition) is 15. The van der Waals surface area contributed by atoms with Gasteiger partial charge in [0.15, 0.2) is 5.60 Å². The maximum Gasteiger partial charge on any atom is 0.343 e. The van der Waals surface area contributed by atoms with Gasteiger partial charge in [-0.05, 0) is 95.8 Å². The number of benzene rings is 3. The van der Waals surface area contributed by atoms with Crippen molar-refractivity contribution in [2.75, 3.05) is 59.4 Å². The van der Waals surface area contributed by atoms with E-state index >= 15 is 4.39 Å². The van der Waals surface area contributed by atoms with Crippen LogP contribution in [0.15, 0.2) is 65.5 Å². The van der Waals surface area contributed by atoms with Gasteiger partial charge < -0.3 is 55.2 Å². The molecule has 1 aromatic heterocycles. The first kappa shape index (κ1) is 58.7. The second-order valence-electron chi connectivity index (χ2n) is 21.3. The number of imide groups is 1. The van der Waals surface area contributed by atoms with Gasteiger partial charge in [0.05, 0.1) is 69.3 Å². The van der Waals surface area contributed by atoms with Crippen LogP contribution in [0.1, 0.15) is 96.9 Å². The zero-order valence-electron chi connectivity index (χ0n) is 45.7. The number of aryl methyl sites for hydroxylation is 1. The Bertz CT molecular complexity index is 3280. The molecule has 5 heterocycles. The highest BCUT2D eigenvalue weighted by atomic mass is 19.1. The largest absolute Gasteiger partial charge is 0.458 e. The minimum absolute atomic E-state index is 0.0201. The molecule has 3 atom stereocenters. The Labute approximate surface area is 470 Å². The predicted molar refractivity (Wildman–Crippen MR) is 290 cm³/mol. The molecule has 1 aliphatic carbocycles. The Balaban J connectivity index is 0.719. The summed E-state index contributed by atoms with van der Waals surface area (Å²) in [5.74, 6) is -5.76.